The van der Waals surface area contributed by atoms with Crippen LogP contribution in [-0.2, 0) is 4.79 Å². The number of piperazine rings is 1. The molecule has 1 saturated heterocycles. The summed E-state index contributed by atoms with van der Waals surface area (Å²) >= 11 is 2.97. The van der Waals surface area contributed by atoms with Gasteiger partial charge in [-0.1, -0.05) is 36.1 Å². The molecule has 1 aromatic heterocycles. The predicted molar refractivity (Wildman–Crippen MR) is 113 cm³/mol. The summed E-state index contributed by atoms with van der Waals surface area (Å²) in [6.07, 6.45) is 0. The van der Waals surface area contributed by atoms with E-state index in [-0.39, 0.29) is 11.2 Å². The van der Waals surface area contributed by atoms with Crippen LogP contribution in [0.15, 0.2) is 22.5 Å². The van der Waals surface area contributed by atoms with Gasteiger partial charge in [-0.2, -0.15) is 0 Å². The van der Waals surface area contributed by atoms with Gasteiger partial charge in [0.15, 0.2) is 4.34 Å². The molecule has 1 atom stereocenters. The van der Waals surface area contributed by atoms with Crippen molar-refractivity contribution in [3.05, 3.63) is 29.3 Å². The van der Waals surface area contributed by atoms with Crippen LogP contribution in [0.3, 0.4) is 0 Å². The molecule has 1 aliphatic heterocycles. The lowest BCUT2D eigenvalue weighted by atomic mass is 10.1. The maximum Gasteiger partial charge on any atom is 0.235 e. The van der Waals surface area contributed by atoms with E-state index in [9.17, 15) is 4.79 Å². The summed E-state index contributed by atoms with van der Waals surface area (Å²) in [5, 5.41) is 12.3. The number of likely N-dealkylation sites (N-methyl/N-ethyl adjacent to an activating group) is 1. The number of anilines is 2. The number of nitrogens with one attached hydrogen (secondary N) is 1. The molecule has 0 radical (unpaired) electrons. The number of benzene rings is 1. The number of carbonyl (C=O) groups excluding carboxylic acids is 1. The second kappa shape index (κ2) is 9.03. The Morgan fingerprint density at radius 2 is 1.96 bits per heavy atom. The number of aromatic nitrogens is 2. The van der Waals surface area contributed by atoms with Crippen LogP contribution in [0, 0.1) is 13.8 Å². The molecule has 1 fully saturated rings. The highest BCUT2D eigenvalue weighted by atomic mass is 32.2. The van der Waals surface area contributed by atoms with Crippen molar-refractivity contribution in [2.24, 2.45) is 0 Å². The van der Waals surface area contributed by atoms with Crippen LogP contribution < -0.4 is 5.32 Å². The number of nitrogens with zero attached hydrogens (tertiary/aromatic N) is 4. The lowest BCUT2D eigenvalue weighted by molar-refractivity contribution is -0.132. The number of rotatable bonds is 6. The van der Waals surface area contributed by atoms with Crippen molar-refractivity contribution >= 4 is 39.8 Å². The van der Waals surface area contributed by atoms with Gasteiger partial charge in [-0.25, -0.2) is 0 Å². The fraction of sp³-hybridized carbons (Fsp3) is 0.526. The second-order valence-electron chi connectivity index (χ2n) is 6.82. The third kappa shape index (κ3) is 5.21. The molecule has 2 heterocycles. The first-order valence-electron chi connectivity index (χ1n) is 9.32. The molecule has 6 nitrogen and oxygen atoms in total. The molecule has 146 valence electrons. The van der Waals surface area contributed by atoms with Gasteiger partial charge in [0.2, 0.25) is 11.0 Å². The van der Waals surface area contributed by atoms with Crippen LogP contribution >= 0.6 is 23.1 Å². The highest BCUT2D eigenvalue weighted by molar-refractivity contribution is 8.02. The molecular weight excluding hydrogens is 378 g/mol. The van der Waals surface area contributed by atoms with Crippen molar-refractivity contribution in [2.75, 3.05) is 38.0 Å². The molecule has 1 aliphatic rings. The molecule has 1 amide bonds. The zero-order chi connectivity index (χ0) is 19.4. The normalized spacial score (nSPS) is 16.4. The Morgan fingerprint density at radius 3 is 2.63 bits per heavy atom. The van der Waals surface area contributed by atoms with Crippen LogP contribution in [0.25, 0.3) is 0 Å². The van der Waals surface area contributed by atoms with Crippen LogP contribution in [0.1, 0.15) is 25.0 Å². The summed E-state index contributed by atoms with van der Waals surface area (Å²) in [5.74, 6) is 0.189. The Morgan fingerprint density at radius 1 is 1.22 bits per heavy atom. The van der Waals surface area contributed by atoms with E-state index in [1.807, 2.05) is 17.9 Å². The van der Waals surface area contributed by atoms with Crippen molar-refractivity contribution in [1.82, 2.24) is 20.0 Å². The van der Waals surface area contributed by atoms with Crippen LogP contribution in [0.4, 0.5) is 10.8 Å². The summed E-state index contributed by atoms with van der Waals surface area (Å²) < 4.78 is 0.814. The van der Waals surface area contributed by atoms with Gasteiger partial charge in [-0.05, 0) is 50.6 Å². The molecule has 27 heavy (non-hydrogen) atoms. The number of carbonyl (C=O) groups is 1. The van der Waals surface area contributed by atoms with Gasteiger partial charge in [0, 0.05) is 31.9 Å². The number of aryl methyl sites for hydroxylation is 2. The SMILES string of the molecule is CCN1CCN(C(=O)[C@@H](C)Sc2nnc(Nc3ccc(C)c(C)c3)s2)CC1. The van der Waals surface area contributed by atoms with E-state index >= 15 is 0 Å². The standard InChI is InChI=1S/C19H27N5OS2/c1-5-23-8-10-24(11-9-23)17(25)15(4)26-19-22-21-18(27-19)20-16-7-6-13(2)14(3)12-16/h6-7,12,15H,5,8-11H2,1-4H3,(H,20,21)/t15-/m1/s1. The molecule has 0 bridgehead atoms. The van der Waals surface area contributed by atoms with Gasteiger partial charge in [0.05, 0.1) is 5.25 Å². The first-order chi connectivity index (χ1) is 13.0. The molecule has 0 spiro atoms. The highest BCUT2D eigenvalue weighted by Gasteiger charge is 2.26. The minimum atomic E-state index is -0.152. The molecular formula is C19H27N5OS2. The maximum atomic E-state index is 12.7. The van der Waals surface area contributed by atoms with Crippen molar-refractivity contribution in [3.8, 4) is 0 Å². The lowest BCUT2D eigenvalue weighted by Crippen LogP contribution is -2.50. The lowest BCUT2D eigenvalue weighted by Gasteiger charge is -2.35. The summed E-state index contributed by atoms with van der Waals surface area (Å²) in [4.78, 5) is 17.0. The van der Waals surface area contributed by atoms with E-state index < -0.39 is 0 Å². The molecule has 0 saturated carbocycles. The van der Waals surface area contributed by atoms with Gasteiger partial charge in [0.1, 0.15) is 0 Å². The van der Waals surface area contributed by atoms with Crippen molar-refractivity contribution in [2.45, 2.75) is 37.3 Å². The van der Waals surface area contributed by atoms with E-state index in [1.54, 1.807) is 0 Å². The molecule has 3 rings (SSSR count). The van der Waals surface area contributed by atoms with Crippen molar-refractivity contribution < 1.29 is 4.79 Å². The third-order valence-electron chi connectivity index (χ3n) is 4.92. The first-order valence-corrected chi connectivity index (χ1v) is 11.0. The van der Waals surface area contributed by atoms with E-state index in [0.717, 1.165) is 47.9 Å². The van der Waals surface area contributed by atoms with Crippen molar-refractivity contribution in [1.29, 1.82) is 0 Å². The third-order valence-corrected chi connectivity index (χ3v) is 6.93. The van der Waals surface area contributed by atoms with Crippen molar-refractivity contribution in [3.63, 3.8) is 0 Å². The Labute approximate surface area is 169 Å². The minimum absolute atomic E-state index is 0.152. The average Bonchev–Trinajstić information content (AvgIpc) is 3.11. The van der Waals surface area contributed by atoms with Gasteiger partial charge in [-0.3, -0.25) is 4.79 Å². The van der Waals surface area contributed by atoms with E-state index in [0.29, 0.717) is 0 Å². The number of hydrogen-bond donors (Lipinski definition) is 1. The summed E-state index contributed by atoms with van der Waals surface area (Å²) in [5.41, 5.74) is 3.51. The van der Waals surface area contributed by atoms with Gasteiger partial charge in [-0.15, -0.1) is 10.2 Å². The monoisotopic (exact) mass is 405 g/mol. The summed E-state index contributed by atoms with van der Waals surface area (Å²) in [7, 11) is 0. The van der Waals surface area contributed by atoms with E-state index in [2.05, 4.69) is 53.3 Å². The Bertz CT molecular complexity index is 786. The Hall–Kier alpha value is -1.64. The molecule has 2 aromatic rings. The predicted octanol–water partition coefficient (Wildman–Crippen LogP) is 3.54. The average molecular weight is 406 g/mol. The fourth-order valence-corrected chi connectivity index (χ4v) is 4.99. The molecule has 8 heteroatoms. The van der Waals surface area contributed by atoms with E-state index in [1.165, 1.54) is 34.2 Å². The largest absolute Gasteiger partial charge is 0.339 e. The Kier molecular flexibility index (Phi) is 6.73. The smallest absolute Gasteiger partial charge is 0.235 e. The second-order valence-corrected chi connectivity index (χ2v) is 9.38. The maximum absolute atomic E-state index is 12.7. The van der Waals surface area contributed by atoms with Crippen LogP contribution in [-0.4, -0.2) is 63.9 Å². The van der Waals surface area contributed by atoms with Gasteiger partial charge >= 0.3 is 0 Å². The van der Waals surface area contributed by atoms with Crippen LogP contribution in [0.5, 0.6) is 0 Å². The summed E-state index contributed by atoms with van der Waals surface area (Å²) in [6, 6.07) is 6.23. The fourth-order valence-electron chi connectivity index (χ4n) is 2.99. The minimum Gasteiger partial charge on any atom is -0.339 e. The zero-order valence-corrected chi connectivity index (χ0v) is 18.0. The molecule has 1 aromatic carbocycles. The van der Waals surface area contributed by atoms with Gasteiger partial charge in [0.25, 0.3) is 0 Å². The quantitative estimate of drug-likeness (QED) is 0.742. The molecule has 0 unspecified atom stereocenters. The molecule has 0 aliphatic carbocycles. The summed E-state index contributed by atoms with van der Waals surface area (Å²) in [6.45, 7) is 12.9. The first kappa shape index (κ1) is 20.1. The van der Waals surface area contributed by atoms with E-state index in [4.69, 9.17) is 0 Å². The Balaban J connectivity index is 1.55. The topological polar surface area (TPSA) is 61.4 Å². The van der Waals surface area contributed by atoms with Gasteiger partial charge < -0.3 is 15.1 Å². The number of hydrogen-bond acceptors (Lipinski definition) is 7. The molecule has 1 N–H and O–H groups in total. The highest BCUT2D eigenvalue weighted by Crippen LogP contribution is 2.31. The van der Waals surface area contributed by atoms with Crippen LogP contribution in [0.2, 0.25) is 0 Å². The number of amides is 1. The zero-order valence-electron chi connectivity index (χ0n) is 16.4. The number of thioether (sulfide) groups is 1.